The number of furan rings is 1. The van der Waals surface area contributed by atoms with Gasteiger partial charge >= 0.3 is 5.97 Å². The van der Waals surface area contributed by atoms with Crippen LogP contribution in [-0.4, -0.2) is 33.7 Å². The summed E-state index contributed by atoms with van der Waals surface area (Å²) in [5, 5.41) is 9.08. The average Bonchev–Trinajstić information content (AvgIpc) is 3.28. The summed E-state index contributed by atoms with van der Waals surface area (Å²) in [7, 11) is 0. The van der Waals surface area contributed by atoms with Crippen molar-refractivity contribution in [2.45, 2.75) is 37.6 Å². The van der Waals surface area contributed by atoms with Gasteiger partial charge in [0.2, 0.25) is 0 Å². The number of carboxylic acid groups (broad SMARTS) is 1. The number of unbranched alkanes of at least 4 members (excludes halogenated alkanes) is 1. The normalized spacial score (nSPS) is 20.0. The maximum atomic E-state index is 13.0. The second-order valence-corrected chi connectivity index (χ2v) is 7.18. The molecule has 5 nitrogen and oxygen atoms in total. The fourth-order valence-electron chi connectivity index (χ4n) is 2.94. The molecule has 1 amide bonds. The van der Waals surface area contributed by atoms with Crippen LogP contribution < -0.4 is 0 Å². The number of aryl methyl sites for hydroxylation is 1. The van der Waals surface area contributed by atoms with Crippen LogP contribution in [0.2, 0.25) is 0 Å². The van der Waals surface area contributed by atoms with Crippen molar-refractivity contribution in [3.8, 4) is 0 Å². The Kier molecular flexibility index (Phi) is 5.48. The average molecular weight is 359 g/mol. The summed E-state index contributed by atoms with van der Waals surface area (Å²) in [4.78, 5) is 26.0. The molecule has 1 aliphatic rings. The molecule has 2 aromatic rings. The number of benzene rings is 1. The van der Waals surface area contributed by atoms with Gasteiger partial charge in [-0.1, -0.05) is 25.5 Å². The minimum absolute atomic E-state index is 0.277. The van der Waals surface area contributed by atoms with Crippen LogP contribution in [0.3, 0.4) is 0 Å². The van der Waals surface area contributed by atoms with Gasteiger partial charge in [0, 0.05) is 11.3 Å². The Morgan fingerprint density at radius 3 is 2.64 bits per heavy atom. The number of amides is 1. The van der Waals surface area contributed by atoms with Crippen LogP contribution in [0.15, 0.2) is 47.1 Å². The van der Waals surface area contributed by atoms with Crippen LogP contribution in [0.5, 0.6) is 0 Å². The van der Waals surface area contributed by atoms with Crippen molar-refractivity contribution < 1.29 is 19.1 Å². The molecule has 1 aromatic heterocycles. The molecule has 1 N–H and O–H groups in total. The zero-order chi connectivity index (χ0) is 17.8. The molecular weight excluding hydrogens is 338 g/mol. The van der Waals surface area contributed by atoms with Gasteiger partial charge in [0.25, 0.3) is 5.91 Å². The minimum Gasteiger partial charge on any atom is -0.480 e. The van der Waals surface area contributed by atoms with E-state index in [0.29, 0.717) is 17.1 Å². The summed E-state index contributed by atoms with van der Waals surface area (Å²) in [6.07, 6.45) is 4.75. The molecule has 0 spiro atoms. The number of rotatable bonds is 6. The van der Waals surface area contributed by atoms with Gasteiger partial charge in [-0.25, -0.2) is 4.79 Å². The first kappa shape index (κ1) is 17.6. The van der Waals surface area contributed by atoms with Crippen LogP contribution in [0.1, 0.15) is 46.8 Å². The Hall–Kier alpha value is -2.21. The smallest absolute Gasteiger partial charge is 0.327 e. The second-order valence-electron chi connectivity index (χ2n) is 6.07. The minimum atomic E-state index is -0.991. The predicted octanol–water partition coefficient (Wildman–Crippen LogP) is 3.96. The Bertz CT molecular complexity index is 726. The largest absolute Gasteiger partial charge is 0.480 e. The van der Waals surface area contributed by atoms with Crippen molar-refractivity contribution in [2.75, 3.05) is 5.75 Å². The van der Waals surface area contributed by atoms with Crippen LogP contribution in [0.4, 0.5) is 0 Å². The van der Waals surface area contributed by atoms with E-state index in [1.54, 1.807) is 24.3 Å². The highest BCUT2D eigenvalue weighted by Crippen LogP contribution is 2.42. The van der Waals surface area contributed by atoms with Gasteiger partial charge in [-0.3, -0.25) is 4.79 Å². The fraction of sp³-hybridized carbons (Fsp3) is 0.368. The lowest BCUT2D eigenvalue weighted by Crippen LogP contribution is -2.42. The van der Waals surface area contributed by atoms with Crippen LogP contribution in [-0.2, 0) is 11.2 Å². The van der Waals surface area contributed by atoms with E-state index in [4.69, 9.17) is 4.42 Å². The number of hydrogen-bond donors (Lipinski definition) is 1. The first-order valence-corrected chi connectivity index (χ1v) is 9.46. The zero-order valence-electron chi connectivity index (χ0n) is 14.1. The molecule has 2 unspecified atom stereocenters. The molecule has 25 heavy (non-hydrogen) atoms. The standard InChI is InChI=1S/C19H21NO4S/c1-2-3-5-13-7-9-14(10-8-13)17(21)20-15(19(22)23)12-25-18(20)16-6-4-11-24-16/h4,6-11,15,18H,2-3,5,12H2,1H3,(H,22,23). The molecule has 3 rings (SSSR count). The van der Waals surface area contributed by atoms with Gasteiger partial charge in [0.15, 0.2) is 0 Å². The van der Waals surface area contributed by atoms with Gasteiger partial charge in [-0.2, -0.15) is 0 Å². The molecule has 2 atom stereocenters. The van der Waals surface area contributed by atoms with Gasteiger partial charge in [0.05, 0.1) is 6.26 Å². The van der Waals surface area contributed by atoms with Crippen LogP contribution >= 0.6 is 11.8 Å². The highest BCUT2D eigenvalue weighted by molar-refractivity contribution is 7.99. The highest BCUT2D eigenvalue weighted by Gasteiger charge is 2.43. The number of hydrogen-bond acceptors (Lipinski definition) is 4. The van der Waals surface area contributed by atoms with Gasteiger partial charge < -0.3 is 14.4 Å². The van der Waals surface area contributed by atoms with Crippen molar-refractivity contribution in [1.82, 2.24) is 4.90 Å². The summed E-state index contributed by atoms with van der Waals surface area (Å²) < 4.78 is 5.42. The van der Waals surface area contributed by atoms with E-state index in [9.17, 15) is 14.7 Å². The third-order valence-corrected chi connectivity index (χ3v) is 5.61. The topological polar surface area (TPSA) is 70.8 Å². The molecule has 0 bridgehead atoms. The van der Waals surface area contributed by atoms with E-state index in [2.05, 4.69) is 6.92 Å². The van der Waals surface area contributed by atoms with E-state index in [-0.39, 0.29) is 5.91 Å². The van der Waals surface area contributed by atoms with Gasteiger partial charge in [-0.05, 0) is 42.7 Å². The lowest BCUT2D eigenvalue weighted by molar-refractivity contribution is -0.141. The summed E-state index contributed by atoms with van der Waals surface area (Å²) in [5.41, 5.74) is 1.69. The number of carboxylic acids is 1. The Morgan fingerprint density at radius 2 is 2.04 bits per heavy atom. The van der Waals surface area contributed by atoms with Crippen molar-refractivity contribution in [3.63, 3.8) is 0 Å². The van der Waals surface area contributed by atoms with Crippen LogP contribution in [0.25, 0.3) is 0 Å². The van der Waals surface area contributed by atoms with E-state index in [1.807, 2.05) is 12.1 Å². The number of thioether (sulfide) groups is 1. The number of carbonyl (C=O) groups is 2. The van der Waals surface area contributed by atoms with Crippen molar-refractivity contribution >= 4 is 23.6 Å². The first-order chi connectivity index (χ1) is 12.1. The third-order valence-electron chi connectivity index (χ3n) is 4.33. The third kappa shape index (κ3) is 3.74. The Morgan fingerprint density at radius 1 is 1.28 bits per heavy atom. The molecule has 132 valence electrons. The van der Waals surface area contributed by atoms with Gasteiger partial charge in [-0.15, -0.1) is 11.8 Å². The summed E-state index contributed by atoms with van der Waals surface area (Å²) in [5.74, 6) is -0.321. The summed E-state index contributed by atoms with van der Waals surface area (Å²) in [6.45, 7) is 2.14. The van der Waals surface area contributed by atoms with E-state index < -0.39 is 17.4 Å². The monoisotopic (exact) mass is 359 g/mol. The van der Waals surface area contributed by atoms with Crippen LogP contribution in [0, 0.1) is 0 Å². The molecule has 6 heteroatoms. The molecular formula is C19H21NO4S. The van der Waals surface area contributed by atoms with Gasteiger partial charge in [0.1, 0.15) is 17.2 Å². The van der Waals surface area contributed by atoms with E-state index in [1.165, 1.54) is 28.5 Å². The van der Waals surface area contributed by atoms with Crippen molar-refractivity contribution in [1.29, 1.82) is 0 Å². The Labute approximate surface area is 151 Å². The maximum absolute atomic E-state index is 13.0. The molecule has 2 heterocycles. The zero-order valence-corrected chi connectivity index (χ0v) is 14.9. The highest BCUT2D eigenvalue weighted by atomic mass is 32.2. The molecule has 0 radical (unpaired) electrons. The lowest BCUT2D eigenvalue weighted by Gasteiger charge is -2.26. The number of carbonyl (C=O) groups excluding carboxylic acids is 1. The molecule has 1 saturated heterocycles. The summed E-state index contributed by atoms with van der Waals surface area (Å²) >= 11 is 1.41. The second kappa shape index (κ2) is 7.78. The quantitative estimate of drug-likeness (QED) is 0.845. The first-order valence-electron chi connectivity index (χ1n) is 8.41. The van der Waals surface area contributed by atoms with E-state index >= 15 is 0 Å². The lowest BCUT2D eigenvalue weighted by atomic mass is 10.1. The molecule has 1 fully saturated rings. The summed E-state index contributed by atoms with van der Waals surface area (Å²) in [6, 6.07) is 10.1. The van der Waals surface area contributed by atoms with E-state index in [0.717, 1.165) is 19.3 Å². The van der Waals surface area contributed by atoms with Crippen molar-refractivity contribution in [2.24, 2.45) is 0 Å². The fourth-order valence-corrected chi connectivity index (χ4v) is 4.31. The maximum Gasteiger partial charge on any atom is 0.327 e. The Balaban J connectivity index is 1.84. The molecule has 0 saturated carbocycles. The molecule has 1 aliphatic heterocycles. The van der Waals surface area contributed by atoms with Crippen molar-refractivity contribution in [3.05, 3.63) is 59.5 Å². The predicted molar refractivity (Wildman–Crippen MR) is 96.6 cm³/mol. The SMILES string of the molecule is CCCCc1ccc(C(=O)N2C(C(=O)O)CSC2c2ccco2)cc1. The number of nitrogens with zero attached hydrogens (tertiary/aromatic N) is 1. The molecule has 0 aliphatic carbocycles. The molecule has 1 aromatic carbocycles. The number of aliphatic carboxylic acids is 1.